The number of aromatic nitrogens is 3. The molecule has 4 rings (SSSR count). The van der Waals surface area contributed by atoms with Gasteiger partial charge in [0.2, 0.25) is 0 Å². The molecule has 0 radical (unpaired) electrons. The van der Waals surface area contributed by atoms with Gasteiger partial charge >= 0.3 is 0 Å². The number of hydrogen-bond acceptors (Lipinski definition) is 6. The van der Waals surface area contributed by atoms with Crippen molar-refractivity contribution >= 4 is 17.7 Å². The van der Waals surface area contributed by atoms with Crippen LogP contribution in [0.5, 0.6) is 0 Å². The molecule has 34 heavy (non-hydrogen) atoms. The predicted octanol–water partition coefficient (Wildman–Crippen LogP) is 4.07. The van der Waals surface area contributed by atoms with E-state index in [9.17, 15) is 20.2 Å². The van der Waals surface area contributed by atoms with Gasteiger partial charge in [-0.3, -0.25) is 19.9 Å². The Morgan fingerprint density at radius 1 is 1.15 bits per heavy atom. The molecule has 0 unspecified atom stereocenters. The van der Waals surface area contributed by atoms with E-state index in [-0.39, 0.29) is 17.8 Å². The summed E-state index contributed by atoms with van der Waals surface area (Å²) in [4.78, 5) is 27.5. The molecule has 2 aromatic carbocycles. The zero-order valence-electron chi connectivity index (χ0n) is 17.8. The lowest BCUT2D eigenvalue weighted by Gasteiger charge is -2.04. The molecule has 0 aliphatic heterocycles. The zero-order chi connectivity index (χ0) is 23.9. The molecule has 2 heterocycles. The highest BCUT2D eigenvalue weighted by Crippen LogP contribution is 2.28. The van der Waals surface area contributed by atoms with E-state index < -0.39 is 10.8 Å². The lowest BCUT2D eigenvalue weighted by atomic mass is 10.1. The summed E-state index contributed by atoms with van der Waals surface area (Å²) in [6.07, 6.45) is 6.36. The van der Waals surface area contributed by atoms with Crippen molar-refractivity contribution in [2.45, 2.75) is 6.54 Å². The largest absolute Gasteiger partial charge is 0.347 e. The van der Waals surface area contributed by atoms with Crippen LogP contribution in [0.1, 0.15) is 11.1 Å². The van der Waals surface area contributed by atoms with Crippen molar-refractivity contribution < 1.29 is 9.72 Å². The average molecular weight is 450 g/mol. The number of hydrogen-bond donors (Lipinski definition) is 1. The third-order valence-corrected chi connectivity index (χ3v) is 4.93. The van der Waals surface area contributed by atoms with Crippen molar-refractivity contribution in [3.8, 4) is 23.0 Å². The molecule has 2 aromatic heterocycles. The van der Waals surface area contributed by atoms with Crippen LogP contribution in [0.25, 0.3) is 23.0 Å². The number of nitro groups is 1. The van der Waals surface area contributed by atoms with Crippen LogP contribution in [0, 0.1) is 21.4 Å². The van der Waals surface area contributed by atoms with Crippen molar-refractivity contribution in [3.63, 3.8) is 0 Å². The number of benzene rings is 2. The highest BCUT2D eigenvalue weighted by atomic mass is 16.6. The molecule has 166 valence electrons. The Balaban J connectivity index is 1.73. The number of nitriles is 1. The molecule has 1 N–H and O–H groups in total. The number of non-ortho nitro benzene ring substituents is 1. The van der Waals surface area contributed by atoms with Gasteiger partial charge in [0.05, 0.1) is 10.6 Å². The summed E-state index contributed by atoms with van der Waals surface area (Å²) in [5.74, 6) is -0.552. The highest BCUT2D eigenvalue weighted by molar-refractivity contribution is 6.02. The van der Waals surface area contributed by atoms with Crippen molar-refractivity contribution in [1.82, 2.24) is 20.1 Å². The van der Waals surface area contributed by atoms with Crippen LogP contribution in [0.4, 0.5) is 5.69 Å². The predicted molar refractivity (Wildman–Crippen MR) is 125 cm³/mol. The van der Waals surface area contributed by atoms with Gasteiger partial charge in [0.25, 0.3) is 11.6 Å². The third kappa shape index (κ3) is 5.03. The van der Waals surface area contributed by atoms with Gasteiger partial charge in [-0.05, 0) is 29.8 Å². The number of carbonyl (C=O) groups is 1. The fourth-order valence-corrected chi connectivity index (χ4v) is 3.28. The van der Waals surface area contributed by atoms with E-state index in [2.05, 4.69) is 15.4 Å². The van der Waals surface area contributed by atoms with E-state index >= 15 is 0 Å². The molecule has 0 bridgehead atoms. The van der Waals surface area contributed by atoms with Crippen LogP contribution in [0.2, 0.25) is 0 Å². The number of amides is 1. The van der Waals surface area contributed by atoms with Crippen molar-refractivity contribution in [2.24, 2.45) is 0 Å². The average Bonchev–Trinajstić information content (AvgIpc) is 3.31. The summed E-state index contributed by atoms with van der Waals surface area (Å²) in [7, 11) is 0. The van der Waals surface area contributed by atoms with Crippen molar-refractivity contribution in [2.75, 3.05) is 0 Å². The fourth-order valence-electron chi connectivity index (χ4n) is 3.28. The highest BCUT2D eigenvalue weighted by Gasteiger charge is 2.17. The Bertz CT molecular complexity index is 1410. The van der Waals surface area contributed by atoms with E-state index in [1.54, 1.807) is 41.5 Å². The van der Waals surface area contributed by atoms with Crippen molar-refractivity contribution in [3.05, 3.63) is 112 Å². The maximum atomic E-state index is 12.7. The van der Waals surface area contributed by atoms with Crippen LogP contribution < -0.4 is 5.32 Å². The second-order valence-corrected chi connectivity index (χ2v) is 7.23. The molecule has 0 aliphatic rings. The van der Waals surface area contributed by atoms with Gasteiger partial charge in [-0.1, -0.05) is 36.4 Å². The summed E-state index contributed by atoms with van der Waals surface area (Å²) < 4.78 is 1.60. The molecule has 0 spiro atoms. The fraction of sp³-hybridized carbons (Fsp3) is 0.0400. The van der Waals surface area contributed by atoms with Gasteiger partial charge in [0.15, 0.2) is 0 Å². The Morgan fingerprint density at radius 3 is 2.68 bits per heavy atom. The number of nitrogens with one attached hydrogen (secondary N) is 1. The van der Waals surface area contributed by atoms with Gasteiger partial charge < -0.3 is 5.32 Å². The minimum absolute atomic E-state index is 0.0867. The maximum absolute atomic E-state index is 12.7. The topological polar surface area (TPSA) is 127 Å². The molecule has 9 heteroatoms. The Kier molecular flexibility index (Phi) is 6.51. The monoisotopic (exact) mass is 450 g/mol. The van der Waals surface area contributed by atoms with Gasteiger partial charge in [-0.2, -0.15) is 10.4 Å². The summed E-state index contributed by atoms with van der Waals surface area (Å²) in [5.41, 5.74) is 2.70. The zero-order valence-corrected chi connectivity index (χ0v) is 17.8. The second-order valence-electron chi connectivity index (χ2n) is 7.23. The van der Waals surface area contributed by atoms with Crippen molar-refractivity contribution in [1.29, 1.82) is 5.26 Å². The van der Waals surface area contributed by atoms with Crippen LogP contribution in [0.15, 0.2) is 90.9 Å². The maximum Gasteiger partial charge on any atom is 0.270 e. The third-order valence-electron chi connectivity index (χ3n) is 4.93. The molecular weight excluding hydrogens is 432 g/mol. The first-order valence-electron chi connectivity index (χ1n) is 10.2. The number of nitrogens with zero attached hydrogens (tertiary/aromatic N) is 5. The lowest BCUT2D eigenvalue weighted by Crippen LogP contribution is -2.24. The summed E-state index contributed by atoms with van der Waals surface area (Å²) in [6, 6.07) is 20.8. The van der Waals surface area contributed by atoms with E-state index in [0.717, 1.165) is 11.3 Å². The molecule has 0 atom stereocenters. The first kappa shape index (κ1) is 22.1. The minimum Gasteiger partial charge on any atom is -0.347 e. The summed E-state index contributed by atoms with van der Waals surface area (Å²) >= 11 is 0. The Labute approximate surface area is 194 Å². The second kappa shape index (κ2) is 10.0. The molecule has 9 nitrogen and oxygen atoms in total. The number of rotatable bonds is 7. The molecule has 4 aromatic rings. The summed E-state index contributed by atoms with van der Waals surface area (Å²) in [5, 5.41) is 28.2. The SMILES string of the molecule is N#CC(=Cc1cn(-c2ccccc2)nc1-c1cccc([N+](=O)[O-])c1)C(=O)NCc1cccnc1. The van der Waals surface area contributed by atoms with E-state index in [1.165, 1.54) is 18.2 Å². The lowest BCUT2D eigenvalue weighted by molar-refractivity contribution is -0.384. The summed E-state index contributed by atoms with van der Waals surface area (Å²) in [6.45, 7) is 0.215. The Hall–Kier alpha value is -5.10. The van der Waals surface area contributed by atoms with E-state index in [1.807, 2.05) is 42.5 Å². The van der Waals surface area contributed by atoms with Gasteiger partial charge in [0, 0.05) is 48.4 Å². The smallest absolute Gasteiger partial charge is 0.270 e. The number of pyridine rings is 1. The van der Waals surface area contributed by atoms with Crippen LogP contribution in [0.3, 0.4) is 0 Å². The first-order chi connectivity index (χ1) is 16.5. The van der Waals surface area contributed by atoms with Gasteiger partial charge in [-0.15, -0.1) is 0 Å². The number of nitro benzene ring substituents is 1. The van der Waals surface area contributed by atoms with Gasteiger partial charge in [0.1, 0.15) is 17.3 Å². The molecule has 0 saturated heterocycles. The molecule has 0 aliphatic carbocycles. The standard InChI is InChI=1S/C25H18N6O3/c26-14-20(25(32)28-16-18-6-5-11-27-15-18)12-21-17-30(22-8-2-1-3-9-22)29-24(21)19-7-4-10-23(13-19)31(33)34/h1-13,15,17H,16H2,(H,28,32). The molecule has 0 saturated carbocycles. The molecule has 1 amide bonds. The number of para-hydroxylation sites is 1. The normalized spacial score (nSPS) is 11.0. The van der Waals surface area contributed by atoms with E-state index in [4.69, 9.17) is 0 Å². The molecular formula is C25H18N6O3. The number of carbonyl (C=O) groups excluding carboxylic acids is 1. The van der Waals surface area contributed by atoms with Crippen LogP contribution in [-0.2, 0) is 11.3 Å². The van der Waals surface area contributed by atoms with E-state index in [0.29, 0.717) is 16.8 Å². The van der Waals surface area contributed by atoms with Crippen LogP contribution in [-0.4, -0.2) is 25.6 Å². The molecule has 0 fully saturated rings. The Morgan fingerprint density at radius 2 is 1.97 bits per heavy atom. The quantitative estimate of drug-likeness (QED) is 0.196. The first-order valence-corrected chi connectivity index (χ1v) is 10.2. The van der Waals surface area contributed by atoms with Gasteiger partial charge in [-0.25, -0.2) is 4.68 Å². The van der Waals surface area contributed by atoms with Crippen LogP contribution >= 0.6 is 0 Å². The minimum atomic E-state index is -0.552.